The first kappa shape index (κ1) is 18.2. The first-order valence-corrected chi connectivity index (χ1v) is 8.46. The number of ether oxygens (including phenoxy) is 1. The van der Waals surface area contributed by atoms with E-state index in [2.05, 4.69) is 10.2 Å². The number of anilines is 1. The molecule has 6 nitrogen and oxygen atoms in total. The molecule has 2 aromatic carbocycles. The number of nitrogens with two attached hydrogens (primary N) is 1. The Bertz CT molecular complexity index is 972. The number of nitrogen functional groups attached to an aromatic ring is 1. The van der Waals surface area contributed by atoms with Crippen LogP contribution < -0.4 is 5.73 Å². The molecule has 1 atom stereocenters. The van der Waals surface area contributed by atoms with Gasteiger partial charge in [-0.25, -0.2) is 4.79 Å². The molecule has 8 heteroatoms. The number of halogens is 2. The van der Waals surface area contributed by atoms with Gasteiger partial charge in [0.2, 0.25) is 5.89 Å². The lowest BCUT2D eigenvalue weighted by atomic mass is 10.1. The number of carbonyl (C=O) groups excluding carboxylic acids is 1. The third kappa shape index (κ3) is 3.81. The lowest BCUT2D eigenvalue weighted by Gasteiger charge is -2.12. The largest absolute Gasteiger partial charge is 0.449 e. The summed E-state index contributed by atoms with van der Waals surface area (Å²) in [6.45, 7) is 3.58. The molecule has 3 rings (SSSR count). The van der Waals surface area contributed by atoms with Gasteiger partial charge in [-0.15, -0.1) is 10.2 Å². The van der Waals surface area contributed by atoms with E-state index in [0.717, 1.165) is 11.1 Å². The summed E-state index contributed by atoms with van der Waals surface area (Å²) in [5.41, 5.74) is 7.84. The van der Waals surface area contributed by atoms with E-state index in [1.54, 1.807) is 6.92 Å². The summed E-state index contributed by atoms with van der Waals surface area (Å²) in [6, 6.07) is 10.5. The van der Waals surface area contributed by atoms with E-state index in [1.807, 2.05) is 31.2 Å². The van der Waals surface area contributed by atoms with Crippen molar-refractivity contribution in [2.24, 2.45) is 0 Å². The van der Waals surface area contributed by atoms with E-state index in [-0.39, 0.29) is 27.2 Å². The quantitative estimate of drug-likeness (QED) is 0.504. The average Bonchev–Trinajstić information content (AvgIpc) is 3.08. The van der Waals surface area contributed by atoms with Crippen LogP contribution in [0.5, 0.6) is 0 Å². The number of aromatic nitrogens is 2. The zero-order valence-electron chi connectivity index (χ0n) is 14.0. The van der Waals surface area contributed by atoms with Crippen LogP contribution in [0.2, 0.25) is 10.0 Å². The van der Waals surface area contributed by atoms with E-state index in [0.29, 0.717) is 5.89 Å². The van der Waals surface area contributed by atoms with Crippen LogP contribution in [0, 0.1) is 6.92 Å². The van der Waals surface area contributed by atoms with Crippen molar-refractivity contribution in [1.82, 2.24) is 10.2 Å². The molecule has 0 spiro atoms. The van der Waals surface area contributed by atoms with Crippen molar-refractivity contribution in [2.75, 3.05) is 5.73 Å². The molecule has 1 heterocycles. The van der Waals surface area contributed by atoms with Crippen LogP contribution in [0.3, 0.4) is 0 Å². The Labute approximate surface area is 159 Å². The minimum Gasteiger partial charge on any atom is -0.449 e. The van der Waals surface area contributed by atoms with Crippen molar-refractivity contribution in [3.8, 4) is 11.5 Å². The lowest BCUT2D eigenvalue weighted by Crippen LogP contribution is -2.12. The summed E-state index contributed by atoms with van der Waals surface area (Å²) in [5.74, 6) is -0.173. The van der Waals surface area contributed by atoms with Gasteiger partial charge < -0.3 is 14.9 Å². The summed E-state index contributed by atoms with van der Waals surface area (Å²) < 4.78 is 11.0. The highest BCUT2D eigenvalue weighted by Crippen LogP contribution is 2.30. The lowest BCUT2D eigenvalue weighted by molar-refractivity contribution is 0.0281. The fourth-order valence-electron chi connectivity index (χ4n) is 2.32. The minimum absolute atomic E-state index is 0.0766. The molecule has 0 bridgehead atoms. The minimum atomic E-state index is -0.772. The van der Waals surface area contributed by atoms with Crippen LogP contribution in [0.15, 0.2) is 40.8 Å². The van der Waals surface area contributed by atoms with Crippen molar-refractivity contribution in [3.05, 3.63) is 63.5 Å². The summed E-state index contributed by atoms with van der Waals surface area (Å²) in [5, 5.41) is 8.41. The second-order valence-electron chi connectivity index (χ2n) is 5.71. The van der Waals surface area contributed by atoms with Gasteiger partial charge in [0.05, 0.1) is 16.3 Å². The Hall–Kier alpha value is -2.57. The second kappa shape index (κ2) is 7.35. The number of hydrogen-bond donors (Lipinski definition) is 1. The Morgan fingerprint density at radius 1 is 1.23 bits per heavy atom. The number of carbonyl (C=O) groups is 1. The van der Waals surface area contributed by atoms with Gasteiger partial charge >= 0.3 is 5.97 Å². The number of benzene rings is 2. The predicted octanol–water partition coefficient (Wildman–Crippen LogP) is 4.85. The highest BCUT2D eigenvalue weighted by Gasteiger charge is 2.22. The van der Waals surface area contributed by atoms with E-state index in [1.165, 1.54) is 12.1 Å². The van der Waals surface area contributed by atoms with Gasteiger partial charge in [-0.05, 0) is 38.1 Å². The maximum Gasteiger partial charge on any atom is 0.341 e. The Morgan fingerprint density at radius 3 is 2.73 bits per heavy atom. The third-order valence-corrected chi connectivity index (χ3v) is 4.18. The third-order valence-electron chi connectivity index (χ3n) is 3.65. The molecule has 0 saturated heterocycles. The molecular formula is C18H15Cl2N3O3. The SMILES string of the molecule is Cc1cccc(-c2nnc([C@H](C)OC(=O)c3cc(Cl)cc(Cl)c3N)o2)c1. The average molecular weight is 392 g/mol. The van der Waals surface area contributed by atoms with Crippen molar-refractivity contribution in [3.63, 3.8) is 0 Å². The van der Waals surface area contributed by atoms with Crippen LogP contribution in [-0.2, 0) is 4.74 Å². The number of hydrogen-bond acceptors (Lipinski definition) is 6. The van der Waals surface area contributed by atoms with Crippen LogP contribution >= 0.6 is 23.2 Å². The molecule has 1 aromatic heterocycles. The van der Waals surface area contributed by atoms with Gasteiger partial charge in [0, 0.05) is 10.6 Å². The van der Waals surface area contributed by atoms with E-state index in [4.69, 9.17) is 38.1 Å². The Morgan fingerprint density at radius 2 is 2.00 bits per heavy atom. The number of rotatable bonds is 4. The number of nitrogens with zero attached hydrogens (tertiary/aromatic N) is 2. The van der Waals surface area contributed by atoms with Crippen molar-refractivity contribution < 1.29 is 13.9 Å². The van der Waals surface area contributed by atoms with Crippen LogP contribution in [0.1, 0.15) is 34.8 Å². The monoisotopic (exact) mass is 391 g/mol. The molecule has 0 aliphatic rings. The van der Waals surface area contributed by atoms with Gasteiger partial charge in [0.25, 0.3) is 5.89 Å². The van der Waals surface area contributed by atoms with E-state index >= 15 is 0 Å². The molecule has 26 heavy (non-hydrogen) atoms. The molecule has 0 saturated carbocycles. The predicted molar refractivity (Wildman–Crippen MR) is 99.2 cm³/mol. The number of aryl methyl sites for hydroxylation is 1. The molecule has 2 N–H and O–H groups in total. The van der Waals surface area contributed by atoms with Crippen LogP contribution in [0.25, 0.3) is 11.5 Å². The topological polar surface area (TPSA) is 91.2 Å². The maximum absolute atomic E-state index is 12.4. The van der Waals surface area contributed by atoms with Crippen LogP contribution in [0.4, 0.5) is 5.69 Å². The molecule has 0 fully saturated rings. The summed E-state index contributed by atoms with van der Waals surface area (Å²) in [4.78, 5) is 12.4. The molecule has 0 unspecified atom stereocenters. The zero-order chi connectivity index (χ0) is 18.8. The van der Waals surface area contributed by atoms with E-state index < -0.39 is 12.1 Å². The fraction of sp³-hybridized carbons (Fsp3) is 0.167. The zero-order valence-corrected chi connectivity index (χ0v) is 15.5. The molecule has 3 aromatic rings. The van der Waals surface area contributed by atoms with Crippen LogP contribution in [-0.4, -0.2) is 16.2 Å². The number of esters is 1. The summed E-state index contributed by atoms with van der Waals surface area (Å²) in [7, 11) is 0. The maximum atomic E-state index is 12.4. The highest BCUT2D eigenvalue weighted by molar-refractivity contribution is 6.37. The molecular weight excluding hydrogens is 377 g/mol. The fourth-order valence-corrected chi connectivity index (χ4v) is 2.82. The molecule has 0 amide bonds. The Kier molecular flexibility index (Phi) is 5.15. The van der Waals surface area contributed by atoms with Gasteiger partial charge in [0.1, 0.15) is 0 Å². The smallest absolute Gasteiger partial charge is 0.341 e. The normalized spacial score (nSPS) is 12.0. The van der Waals surface area contributed by atoms with Gasteiger partial charge in [-0.1, -0.05) is 40.9 Å². The van der Waals surface area contributed by atoms with Gasteiger partial charge in [-0.2, -0.15) is 0 Å². The second-order valence-corrected chi connectivity index (χ2v) is 6.55. The van der Waals surface area contributed by atoms with Gasteiger partial charge in [-0.3, -0.25) is 0 Å². The molecule has 134 valence electrons. The first-order chi connectivity index (χ1) is 12.3. The van der Waals surface area contributed by atoms with E-state index in [9.17, 15) is 4.79 Å². The Balaban J connectivity index is 1.79. The summed E-state index contributed by atoms with van der Waals surface area (Å²) in [6.07, 6.45) is -0.772. The molecule has 0 aliphatic carbocycles. The summed E-state index contributed by atoms with van der Waals surface area (Å²) >= 11 is 11.9. The van der Waals surface area contributed by atoms with Crippen molar-refractivity contribution >= 4 is 34.9 Å². The highest BCUT2D eigenvalue weighted by atomic mass is 35.5. The standard InChI is InChI=1S/C18H15Cl2N3O3/c1-9-4-3-5-11(6-9)17-23-22-16(26-17)10(2)25-18(24)13-7-12(19)8-14(20)15(13)21/h3-8,10H,21H2,1-2H3/t10-/m0/s1. The van der Waals surface area contributed by atoms with Gasteiger partial charge in [0.15, 0.2) is 6.10 Å². The molecule has 0 aliphatic heterocycles. The molecule has 0 radical (unpaired) electrons. The van der Waals surface area contributed by atoms with Crippen molar-refractivity contribution in [1.29, 1.82) is 0 Å². The van der Waals surface area contributed by atoms with Crippen molar-refractivity contribution in [2.45, 2.75) is 20.0 Å². The first-order valence-electron chi connectivity index (χ1n) is 7.71.